The molecule has 2 atom stereocenters. The number of rotatable bonds is 3. The largest absolute Gasteiger partial charge is 0.377 e. The van der Waals surface area contributed by atoms with Gasteiger partial charge in [0, 0.05) is 13.2 Å². The Bertz CT molecular complexity index is 128. The molecule has 2 aliphatic heterocycles. The van der Waals surface area contributed by atoms with Crippen LogP contribution in [0.3, 0.4) is 0 Å². The minimum absolute atomic E-state index is 0.330. The second kappa shape index (κ2) is 4.21. The fourth-order valence-electron chi connectivity index (χ4n) is 1.57. The summed E-state index contributed by atoms with van der Waals surface area (Å²) < 4.78 is 10.7. The van der Waals surface area contributed by atoms with Crippen LogP contribution in [0, 0.1) is 0 Å². The van der Waals surface area contributed by atoms with Crippen LogP contribution in [0.15, 0.2) is 0 Å². The topological polar surface area (TPSA) is 33.8 Å². The normalized spacial score (nSPS) is 36.0. The molecule has 2 rings (SSSR count). The molecule has 2 unspecified atom stereocenters. The summed E-state index contributed by atoms with van der Waals surface area (Å²) in [4.78, 5) is 0. The van der Waals surface area contributed by atoms with E-state index in [1.165, 1.54) is 25.7 Å². The minimum Gasteiger partial charge on any atom is -0.377 e. The van der Waals surface area contributed by atoms with E-state index in [1.807, 2.05) is 0 Å². The minimum atomic E-state index is 0.330. The van der Waals surface area contributed by atoms with Crippen LogP contribution in [-0.4, -0.2) is 32.1 Å². The molecule has 2 saturated heterocycles. The monoisotopic (exact) mass is 171 g/mol. The molecule has 0 aliphatic carbocycles. The predicted molar refractivity (Wildman–Crippen MR) is 46.0 cm³/mol. The summed E-state index contributed by atoms with van der Waals surface area (Å²) in [6, 6.07) is 0. The molecule has 1 N–H and O–H groups in total. The molecule has 0 aromatic carbocycles. The first kappa shape index (κ1) is 8.48. The Balaban J connectivity index is 1.62. The van der Waals surface area contributed by atoms with Crippen molar-refractivity contribution >= 4 is 0 Å². The first-order valence-corrected chi connectivity index (χ1v) is 4.92. The van der Waals surface area contributed by atoms with Crippen LogP contribution in [0.25, 0.3) is 0 Å². The molecule has 0 bridgehead atoms. The standard InChI is InChI=1S/C9H17NO2/c1-2-4-8(11-5-3-1)6-10-9-7-12-9/h8-10H,1-7H2. The van der Waals surface area contributed by atoms with Crippen molar-refractivity contribution < 1.29 is 9.47 Å². The molecule has 70 valence electrons. The quantitative estimate of drug-likeness (QED) is 0.640. The number of epoxide rings is 1. The van der Waals surface area contributed by atoms with Crippen molar-refractivity contribution in [3.63, 3.8) is 0 Å². The highest BCUT2D eigenvalue weighted by molar-refractivity contribution is 4.71. The SMILES string of the molecule is C1CCOC(CNC2CO2)CC1. The van der Waals surface area contributed by atoms with Crippen LogP contribution < -0.4 is 5.32 Å². The highest BCUT2D eigenvalue weighted by Crippen LogP contribution is 2.13. The van der Waals surface area contributed by atoms with Gasteiger partial charge in [-0.2, -0.15) is 0 Å². The summed E-state index contributed by atoms with van der Waals surface area (Å²) in [5.41, 5.74) is 0. The van der Waals surface area contributed by atoms with Gasteiger partial charge in [-0.3, -0.25) is 5.32 Å². The highest BCUT2D eigenvalue weighted by Gasteiger charge is 2.23. The summed E-state index contributed by atoms with van der Waals surface area (Å²) in [6.45, 7) is 2.79. The lowest BCUT2D eigenvalue weighted by Gasteiger charge is -2.14. The molecule has 0 aromatic heterocycles. The Morgan fingerprint density at radius 1 is 1.17 bits per heavy atom. The van der Waals surface area contributed by atoms with Gasteiger partial charge in [0.05, 0.1) is 12.7 Å². The van der Waals surface area contributed by atoms with E-state index >= 15 is 0 Å². The van der Waals surface area contributed by atoms with Gasteiger partial charge in [-0.05, 0) is 12.8 Å². The second-order valence-corrected chi connectivity index (χ2v) is 3.57. The van der Waals surface area contributed by atoms with Crippen molar-refractivity contribution in [1.29, 1.82) is 0 Å². The van der Waals surface area contributed by atoms with Gasteiger partial charge in [0.25, 0.3) is 0 Å². The summed E-state index contributed by atoms with van der Waals surface area (Å²) in [7, 11) is 0. The summed E-state index contributed by atoms with van der Waals surface area (Å²) in [6.07, 6.45) is 5.85. The average molecular weight is 171 g/mol. The third kappa shape index (κ3) is 2.73. The van der Waals surface area contributed by atoms with Gasteiger partial charge in [-0.1, -0.05) is 12.8 Å². The molecule has 2 fully saturated rings. The maximum Gasteiger partial charge on any atom is 0.132 e. The van der Waals surface area contributed by atoms with Crippen LogP contribution in [-0.2, 0) is 9.47 Å². The Morgan fingerprint density at radius 2 is 2.08 bits per heavy atom. The number of hydrogen-bond acceptors (Lipinski definition) is 3. The fraction of sp³-hybridized carbons (Fsp3) is 1.00. The third-order valence-corrected chi connectivity index (χ3v) is 2.43. The van der Waals surface area contributed by atoms with Crippen LogP contribution >= 0.6 is 0 Å². The van der Waals surface area contributed by atoms with E-state index in [0.717, 1.165) is 19.8 Å². The van der Waals surface area contributed by atoms with Crippen LogP contribution in [0.4, 0.5) is 0 Å². The summed E-state index contributed by atoms with van der Waals surface area (Å²) in [5, 5.41) is 3.31. The Labute approximate surface area is 73.4 Å². The molecule has 0 aromatic rings. The van der Waals surface area contributed by atoms with Crippen LogP contribution in [0.1, 0.15) is 25.7 Å². The second-order valence-electron chi connectivity index (χ2n) is 3.57. The predicted octanol–water partition coefficient (Wildman–Crippen LogP) is 0.891. The van der Waals surface area contributed by atoms with E-state index in [-0.39, 0.29) is 0 Å². The van der Waals surface area contributed by atoms with Gasteiger partial charge < -0.3 is 9.47 Å². The smallest absolute Gasteiger partial charge is 0.132 e. The molecule has 0 radical (unpaired) electrons. The van der Waals surface area contributed by atoms with Crippen molar-refractivity contribution in [1.82, 2.24) is 5.32 Å². The van der Waals surface area contributed by atoms with Gasteiger partial charge in [-0.25, -0.2) is 0 Å². The molecule has 3 heteroatoms. The molecule has 0 amide bonds. The van der Waals surface area contributed by atoms with Crippen LogP contribution in [0.2, 0.25) is 0 Å². The Morgan fingerprint density at radius 3 is 2.92 bits per heavy atom. The van der Waals surface area contributed by atoms with Gasteiger partial charge in [0.1, 0.15) is 6.23 Å². The fourth-order valence-corrected chi connectivity index (χ4v) is 1.57. The van der Waals surface area contributed by atoms with Gasteiger partial charge >= 0.3 is 0 Å². The maximum atomic E-state index is 5.66. The zero-order chi connectivity index (χ0) is 8.23. The van der Waals surface area contributed by atoms with E-state index < -0.39 is 0 Å². The van der Waals surface area contributed by atoms with E-state index in [9.17, 15) is 0 Å². The van der Waals surface area contributed by atoms with Crippen molar-refractivity contribution in [3.05, 3.63) is 0 Å². The highest BCUT2D eigenvalue weighted by atomic mass is 16.6. The van der Waals surface area contributed by atoms with E-state index in [4.69, 9.17) is 9.47 Å². The molecule has 0 saturated carbocycles. The zero-order valence-electron chi connectivity index (χ0n) is 7.42. The molecule has 2 heterocycles. The lowest BCUT2D eigenvalue weighted by molar-refractivity contribution is 0.0566. The molecule has 2 aliphatic rings. The van der Waals surface area contributed by atoms with Crippen molar-refractivity contribution in [2.45, 2.75) is 38.0 Å². The number of ether oxygens (including phenoxy) is 2. The number of nitrogens with one attached hydrogen (secondary N) is 1. The van der Waals surface area contributed by atoms with Crippen molar-refractivity contribution in [2.24, 2.45) is 0 Å². The lowest BCUT2D eigenvalue weighted by atomic mass is 10.1. The van der Waals surface area contributed by atoms with Crippen molar-refractivity contribution in [3.8, 4) is 0 Å². The Hall–Kier alpha value is -0.120. The summed E-state index contributed by atoms with van der Waals surface area (Å²) in [5.74, 6) is 0. The van der Waals surface area contributed by atoms with Gasteiger partial charge in [0.2, 0.25) is 0 Å². The van der Waals surface area contributed by atoms with Gasteiger partial charge in [-0.15, -0.1) is 0 Å². The van der Waals surface area contributed by atoms with Gasteiger partial charge in [0.15, 0.2) is 0 Å². The van der Waals surface area contributed by atoms with E-state index in [0.29, 0.717) is 12.3 Å². The first-order valence-electron chi connectivity index (χ1n) is 4.92. The molecular formula is C9H17NO2. The van der Waals surface area contributed by atoms with E-state index in [1.54, 1.807) is 0 Å². The van der Waals surface area contributed by atoms with Crippen molar-refractivity contribution in [2.75, 3.05) is 19.8 Å². The third-order valence-electron chi connectivity index (χ3n) is 2.43. The first-order chi connectivity index (χ1) is 5.95. The zero-order valence-corrected chi connectivity index (χ0v) is 7.42. The molecule has 0 spiro atoms. The van der Waals surface area contributed by atoms with Crippen LogP contribution in [0.5, 0.6) is 0 Å². The lowest BCUT2D eigenvalue weighted by Crippen LogP contribution is -2.30. The molecule has 3 nitrogen and oxygen atoms in total. The van der Waals surface area contributed by atoms with E-state index in [2.05, 4.69) is 5.32 Å². The Kier molecular flexibility index (Phi) is 2.98. The molecule has 12 heavy (non-hydrogen) atoms. The number of hydrogen-bond donors (Lipinski definition) is 1. The maximum absolute atomic E-state index is 5.66. The average Bonchev–Trinajstić information content (AvgIpc) is 2.90. The summed E-state index contributed by atoms with van der Waals surface area (Å²) >= 11 is 0. The molecular weight excluding hydrogens is 154 g/mol.